The smallest absolute Gasteiger partial charge is 0.344 e. The zero-order valence-electron chi connectivity index (χ0n) is 96.8. The number of benzene rings is 8. The van der Waals surface area contributed by atoms with Crippen LogP contribution >= 0.6 is 0 Å². The number of carbonyl (C=O) groups is 1. The second kappa shape index (κ2) is 61.3. The highest BCUT2D eigenvalue weighted by atomic mass is 28.4. The number of methoxy groups -OCH3 is 5. The van der Waals surface area contributed by atoms with Gasteiger partial charge < -0.3 is 42.3 Å². The van der Waals surface area contributed by atoms with Gasteiger partial charge in [0, 0.05) is 23.8 Å². The van der Waals surface area contributed by atoms with Crippen molar-refractivity contribution in [1.82, 2.24) is 0 Å². The van der Waals surface area contributed by atoms with E-state index in [9.17, 15) is 18.0 Å². The molecule has 14 heteroatoms. The largest absolute Gasteiger partial charge is 0.497 e. The van der Waals surface area contributed by atoms with Gasteiger partial charge in [-0.15, -0.1) is 6.58 Å². The lowest BCUT2D eigenvalue weighted by atomic mass is 9.63. The molecule has 10 nitrogen and oxygen atoms in total. The van der Waals surface area contributed by atoms with Crippen LogP contribution in [0.1, 0.15) is 351 Å². The lowest BCUT2D eigenvalue weighted by molar-refractivity contribution is -0.142. The Morgan fingerprint density at radius 2 is 0.674 bits per heavy atom. The minimum absolute atomic E-state index is 0.00298. The average Bonchev–Trinajstić information content (AvgIpc) is 0.812. The molecule has 0 aliphatic carbocycles. The molecule has 0 aliphatic heterocycles. The molecule has 0 unspecified atom stereocenters. The molecule has 8 aromatic carbocycles. The molecule has 0 fully saturated rings. The van der Waals surface area contributed by atoms with Crippen LogP contribution in [0.4, 0.5) is 13.2 Å². The molecule has 0 N–H and O–H groups in total. The summed E-state index contributed by atoms with van der Waals surface area (Å²) in [5, 5.41) is 0.320. The second-order valence-electron chi connectivity index (χ2n) is 49.0. The molecule has 0 saturated heterocycles. The van der Waals surface area contributed by atoms with Gasteiger partial charge in [0.1, 0.15) is 53.5 Å². The molecule has 0 amide bonds. The number of carbonyl (C=O) groups excluding carboxylic acids is 1. The van der Waals surface area contributed by atoms with E-state index in [2.05, 4.69) is 348 Å². The van der Waals surface area contributed by atoms with Gasteiger partial charge >= 0.3 is 18.1 Å². The lowest BCUT2D eigenvalue weighted by Gasteiger charge is -2.43. The molecular formula is C127H197F3O10Si. The third kappa shape index (κ3) is 59.1. The monoisotopic (exact) mass is 1970 g/mol. The van der Waals surface area contributed by atoms with Crippen molar-refractivity contribution in [1.29, 1.82) is 0 Å². The molecule has 8 aromatic rings. The van der Waals surface area contributed by atoms with Crippen LogP contribution in [0.15, 0.2) is 195 Å². The number of hydrogen-bond acceptors (Lipinski definition) is 10. The van der Waals surface area contributed by atoms with Gasteiger partial charge in [0.25, 0.3) is 0 Å². The molecule has 0 radical (unpaired) electrons. The minimum atomic E-state index is -2.45. The Balaban J connectivity index is 0.000000854. The number of hydrogen-bond donors (Lipinski definition) is 0. The summed E-state index contributed by atoms with van der Waals surface area (Å²) in [6, 6.07) is 52.8. The van der Waals surface area contributed by atoms with Crippen LogP contribution in [-0.2, 0) is 111 Å². The fourth-order valence-corrected chi connectivity index (χ4v) is 17.4. The predicted octanol–water partition coefficient (Wildman–Crippen LogP) is 36.8. The SMILES string of the molecule is C=C(CC)CC(C)(C)C.C=CCc1ccc(CC(C)(C)C)cc1.CC(C)(C)CC(C)(C)C(C)(C)C.CC(C)(C)Cc1ccc(OC(F)=C(F)F)cc1.CC(C)(C)O[Si](C)(C)C(C)(C)C.CCc1cc(CC)cc(CCc2cc(CCc3cc(CC)cc(CC)c3)cc(CC(C)C)c2)c1.COC(=O)CC(C)(C)C.COc1cc(COc2cc(CC(C)C)cc(OCc3cc(OC)cc(OC)c3)c2)cc(OC)c1. The Morgan fingerprint density at radius 3 is 0.915 bits per heavy atom. The molecule has 0 bridgehead atoms. The minimum Gasteiger partial charge on any atom is -0.497 e. The van der Waals surface area contributed by atoms with Crippen molar-refractivity contribution in [3.8, 4) is 40.2 Å². The van der Waals surface area contributed by atoms with E-state index in [0.717, 1.165) is 153 Å². The molecule has 0 aliphatic rings. The highest BCUT2D eigenvalue weighted by Gasteiger charge is 2.40. The lowest BCUT2D eigenvalue weighted by Crippen LogP contribution is -2.46. The number of rotatable bonds is 35. The van der Waals surface area contributed by atoms with Crippen molar-refractivity contribution < 1.29 is 60.3 Å². The molecule has 790 valence electrons. The summed E-state index contributed by atoms with van der Waals surface area (Å²) >= 11 is 0. The molecule has 8 rings (SSSR count). The molecule has 141 heavy (non-hydrogen) atoms. The van der Waals surface area contributed by atoms with Crippen LogP contribution in [-0.4, -0.2) is 55.4 Å². The fourth-order valence-electron chi connectivity index (χ4n) is 15.6. The van der Waals surface area contributed by atoms with Crippen LogP contribution in [0.5, 0.6) is 40.2 Å². The van der Waals surface area contributed by atoms with E-state index >= 15 is 0 Å². The van der Waals surface area contributed by atoms with Gasteiger partial charge in [-0.2, -0.15) is 13.2 Å². The van der Waals surface area contributed by atoms with Gasteiger partial charge in [-0.25, -0.2) is 0 Å². The van der Waals surface area contributed by atoms with E-state index in [4.69, 9.17) is 32.8 Å². The summed E-state index contributed by atoms with van der Waals surface area (Å²) in [7, 11) is 6.41. The Bertz CT molecular complexity index is 4480. The molecule has 0 aromatic heterocycles. The second-order valence-corrected chi connectivity index (χ2v) is 53.7. The Labute approximate surface area is 861 Å². The maximum Gasteiger partial charge on any atom is 0.344 e. The third-order valence-electron chi connectivity index (χ3n) is 23.9. The Hall–Kier alpha value is -8.98. The average molecular weight is 1970 g/mol. The number of halogens is 3. The van der Waals surface area contributed by atoms with Gasteiger partial charge in [0.15, 0.2) is 8.32 Å². The number of allylic oxidation sites excluding steroid dienone is 2. The molecule has 0 saturated carbocycles. The zero-order chi connectivity index (χ0) is 108. The van der Waals surface area contributed by atoms with E-state index in [1.165, 1.54) is 92.4 Å². The maximum atomic E-state index is 12.5. The molecule has 0 atom stereocenters. The van der Waals surface area contributed by atoms with Gasteiger partial charge in [-0.3, -0.25) is 4.79 Å². The summed E-state index contributed by atoms with van der Waals surface area (Å²) < 4.78 is 84.8. The van der Waals surface area contributed by atoms with E-state index in [1.54, 1.807) is 40.6 Å². The summed E-state index contributed by atoms with van der Waals surface area (Å²) in [6.45, 7) is 91.0. The standard InChI is InChI=1S/C34H46.C28H34O6.C14H20.C13H15F3O.C12H26.C10H24OSi.C9H18.C7H14O2/c1-7-26-16-27(8-2)19-30(18-26)11-13-32-22-33(24-34(23-32)15-25(5)6)14-12-31-20-28(9-3)17-29(10-4)21-31;1-19(2)7-20-8-27(33-17-21-10-23(29-3)14-24(11-21)30-4)16-28(9-20)34-18-22-12-25(31-5)15-26(13-22)32-6;1-5-6-12-7-9-13(10-8-12)11-14(2,3)4;1-13(2,3)8-9-4-6-10(7-5-9)17-12(16)11(14)15;1-10(2,3)9-12(7,8)11(4,5)6;1-9(2,3)11-12(7,8)10(4,5)6;1-6-8(2)7-9(3,4)5;1-7(2,3)5-6(8)9-4/h16-25H,7-15H2,1-6H3;8-16,19H,7,17-18H2,1-6H3;5,7-10H,1,6,11H2,2-4H3;4-7H,8H2,1-3H3;9H2,1-8H3;1-8H3;2,6-7H2,1,3-5H3;5H2,1-4H3. The normalized spacial score (nSPS) is 11.8. The Morgan fingerprint density at radius 1 is 0.369 bits per heavy atom. The van der Waals surface area contributed by atoms with Crippen molar-refractivity contribution in [3.05, 3.63) is 278 Å². The summed E-state index contributed by atoms with van der Waals surface area (Å²) in [4.78, 5) is 10.6. The predicted molar refractivity (Wildman–Crippen MR) is 602 cm³/mol. The van der Waals surface area contributed by atoms with Gasteiger partial charge in [-0.1, -0.05) is 331 Å². The number of aryl methyl sites for hydroxylation is 8. The third-order valence-corrected chi connectivity index (χ3v) is 28.7. The summed E-state index contributed by atoms with van der Waals surface area (Å²) in [6.07, 6.45) is 17.6. The fraction of sp³-hybridized carbons (Fsp3) is 0.567. The zero-order valence-corrected chi connectivity index (χ0v) is 97.8. The first kappa shape index (κ1) is 130. The van der Waals surface area contributed by atoms with Crippen LogP contribution in [0.2, 0.25) is 18.1 Å². The van der Waals surface area contributed by atoms with Crippen LogP contribution in [0, 0.1) is 49.7 Å². The molecular weight excluding hydrogens is 1770 g/mol. The van der Waals surface area contributed by atoms with Crippen molar-refractivity contribution in [2.24, 2.45) is 49.7 Å². The quantitative estimate of drug-likeness (QED) is 0.0165. The van der Waals surface area contributed by atoms with Gasteiger partial charge in [0.2, 0.25) is 0 Å². The first-order valence-electron chi connectivity index (χ1n) is 51.7. The summed E-state index contributed by atoms with van der Waals surface area (Å²) in [5.41, 5.74) is 23.9. The van der Waals surface area contributed by atoms with Crippen LogP contribution in [0.3, 0.4) is 0 Å². The highest BCUT2D eigenvalue weighted by molar-refractivity contribution is 6.74. The molecule has 0 spiro atoms. The van der Waals surface area contributed by atoms with E-state index < -0.39 is 20.4 Å². The topological polar surface area (TPSA) is 100 Å². The van der Waals surface area contributed by atoms with Crippen molar-refractivity contribution in [3.63, 3.8) is 0 Å². The summed E-state index contributed by atoms with van der Waals surface area (Å²) in [5.74, 6) is 5.52. The molecule has 0 heterocycles. The first-order valence-corrected chi connectivity index (χ1v) is 54.6. The van der Waals surface area contributed by atoms with Crippen LogP contribution < -0.4 is 33.2 Å². The highest BCUT2D eigenvalue weighted by Crippen LogP contribution is 2.46. The van der Waals surface area contributed by atoms with Crippen molar-refractivity contribution in [2.45, 2.75) is 388 Å². The van der Waals surface area contributed by atoms with E-state index in [0.29, 0.717) is 63.6 Å². The van der Waals surface area contributed by atoms with Gasteiger partial charge in [-0.05, 0) is 323 Å². The van der Waals surface area contributed by atoms with Crippen molar-refractivity contribution >= 4 is 14.3 Å². The van der Waals surface area contributed by atoms with Crippen LogP contribution in [0.25, 0.3) is 0 Å². The van der Waals surface area contributed by atoms with Gasteiger partial charge in [0.05, 0.1) is 42.0 Å². The maximum absolute atomic E-state index is 12.5. The number of ether oxygens (including phenoxy) is 8. The van der Waals surface area contributed by atoms with E-state index in [1.807, 2.05) is 69.3 Å². The Kier molecular flexibility index (Phi) is 56.6. The first-order chi connectivity index (χ1) is 64.9. The van der Waals surface area contributed by atoms with E-state index in [-0.39, 0.29) is 28.1 Å². The number of esters is 1. The van der Waals surface area contributed by atoms with Crippen molar-refractivity contribution in [2.75, 3.05) is 35.5 Å².